The van der Waals surface area contributed by atoms with Gasteiger partial charge in [0.15, 0.2) is 5.84 Å². The third kappa shape index (κ3) is 3.74. The van der Waals surface area contributed by atoms with E-state index in [1.54, 1.807) is 31.6 Å². The SMILES string of the molecule is COc1cc(/C=C2\CCCN3C2=NOC3(CO)c2ccc(F)cc2)ccc1-c1ccncc1. The van der Waals surface area contributed by atoms with E-state index in [4.69, 9.17) is 9.57 Å². The Labute approximate surface area is 191 Å². The number of hydrogen-bond donors (Lipinski definition) is 1. The van der Waals surface area contributed by atoms with E-state index in [2.05, 4.69) is 16.2 Å². The molecule has 1 atom stereocenters. The van der Waals surface area contributed by atoms with E-state index >= 15 is 0 Å². The van der Waals surface area contributed by atoms with Gasteiger partial charge in [0.05, 0.1) is 7.11 Å². The third-order valence-electron chi connectivity index (χ3n) is 6.16. The molecule has 1 N–H and O–H groups in total. The van der Waals surface area contributed by atoms with Crippen molar-refractivity contribution in [1.82, 2.24) is 9.88 Å². The first-order valence-electron chi connectivity index (χ1n) is 10.8. The van der Waals surface area contributed by atoms with E-state index in [1.807, 2.05) is 35.2 Å². The number of benzene rings is 2. The fourth-order valence-corrected chi connectivity index (χ4v) is 4.48. The smallest absolute Gasteiger partial charge is 0.260 e. The van der Waals surface area contributed by atoms with Gasteiger partial charge in [0, 0.05) is 30.1 Å². The molecular formula is C26H24FN3O3. The number of aliphatic hydroxyl groups excluding tert-OH is 1. The quantitative estimate of drug-likeness (QED) is 0.624. The predicted octanol–water partition coefficient (Wildman–Crippen LogP) is 4.56. The molecule has 2 aliphatic heterocycles. The first-order valence-corrected chi connectivity index (χ1v) is 10.8. The fraction of sp³-hybridized carbons (Fsp3) is 0.231. The molecule has 0 radical (unpaired) electrons. The highest BCUT2D eigenvalue weighted by molar-refractivity contribution is 6.03. The number of piperidine rings is 1. The van der Waals surface area contributed by atoms with Gasteiger partial charge in [-0.2, -0.15) is 0 Å². The number of ether oxygens (including phenoxy) is 1. The number of rotatable bonds is 5. The predicted molar refractivity (Wildman–Crippen MR) is 124 cm³/mol. The van der Waals surface area contributed by atoms with Gasteiger partial charge in [0.25, 0.3) is 5.72 Å². The molecule has 2 aliphatic rings. The summed E-state index contributed by atoms with van der Waals surface area (Å²) in [6.45, 7) is 0.381. The lowest BCUT2D eigenvalue weighted by atomic mass is 9.94. The number of pyridine rings is 1. The molecule has 168 valence electrons. The number of oxime groups is 1. The Morgan fingerprint density at radius 1 is 1.15 bits per heavy atom. The van der Waals surface area contributed by atoms with Gasteiger partial charge in [-0.25, -0.2) is 4.39 Å². The molecule has 0 saturated carbocycles. The van der Waals surface area contributed by atoms with Crippen LogP contribution in [0.4, 0.5) is 4.39 Å². The van der Waals surface area contributed by atoms with Gasteiger partial charge < -0.3 is 19.6 Å². The molecular weight excluding hydrogens is 421 g/mol. The highest BCUT2D eigenvalue weighted by atomic mass is 19.1. The Balaban J connectivity index is 1.47. The molecule has 7 heteroatoms. The summed E-state index contributed by atoms with van der Waals surface area (Å²) in [5.74, 6) is 1.12. The Bertz CT molecular complexity index is 1210. The van der Waals surface area contributed by atoms with Crippen LogP contribution in [0.3, 0.4) is 0 Å². The summed E-state index contributed by atoms with van der Waals surface area (Å²) in [6, 6.07) is 16.0. The zero-order valence-electron chi connectivity index (χ0n) is 18.2. The summed E-state index contributed by atoms with van der Waals surface area (Å²) in [7, 11) is 1.66. The lowest BCUT2D eigenvalue weighted by Crippen LogP contribution is -2.51. The third-order valence-corrected chi connectivity index (χ3v) is 6.16. The molecule has 1 fully saturated rings. The number of aliphatic hydroxyl groups is 1. The van der Waals surface area contributed by atoms with Crippen molar-refractivity contribution in [1.29, 1.82) is 0 Å². The fourth-order valence-electron chi connectivity index (χ4n) is 4.48. The van der Waals surface area contributed by atoms with Crippen LogP contribution in [0.25, 0.3) is 17.2 Å². The molecule has 5 rings (SSSR count). The van der Waals surface area contributed by atoms with Crippen molar-refractivity contribution in [3.8, 4) is 16.9 Å². The van der Waals surface area contributed by atoms with Gasteiger partial charge in [-0.1, -0.05) is 17.3 Å². The van der Waals surface area contributed by atoms with Gasteiger partial charge in [0.1, 0.15) is 18.2 Å². The monoisotopic (exact) mass is 445 g/mol. The molecule has 0 aliphatic carbocycles. The van der Waals surface area contributed by atoms with Crippen LogP contribution in [0.1, 0.15) is 24.0 Å². The van der Waals surface area contributed by atoms with E-state index in [0.29, 0.717) is 17.9 Å². The zero-order valence-corrected chi connectivity index (χ0v) is 18.2. The standard InChI is InChI=1S/C26H24FN3O3/c1-32-24-16-18(4-9-23(24)19-10-12-28-13-11-19)15-20-3-2-14-30-25(20)29-33-26(30,17-31)21-5-7-22(27)8-6-21/h4-13,15-16,31H,2-3,14,17H2,1H3/b20-15+. The summed E-state index contributed by atoms with van der Waals surface area (Å²) < 4.78 is 19.1. The van der Waals surface area contributed by atoms with Crippen LogP contribution in [0.15, 0.2) is 77.7 Å². The Hall–Kier alpha value is -3.71. The number of fused-ring (bicyclic) bond motifs is 1. The highest BCUT2D eigenvalue weighted by Crippen LogP contribution is 2.40. The Morgan fingerprint density at radius 2 is 1.94 bits per heavy atom. The van der Waals surface area contributed by atoms with Crippen molar-refractivity contribution in [3.05, 3.63) is 89.5 Å². The highest BCUT2D eigenvalue weighted by Gasteiger charge is 2.49. The molecule has 3 aromatic rings. The minimum atomic E-state index is -1.15. The average molecular weight is 445 g/mol. The number of aromatic nitrogens is 1. The maximum atomic E-state index is 13.5. The first-order chi connectivity index (χ1) is 16.1. The van der Waals surface area contributed by atoms with Gasteiger partial charge in [-0.05, 0) is 78.1 Å². The van der Waals surface area contributed by atoms with Crippen LogP contribution < -0.4 is 4.74 Å². The molecule has 3 heterocycles. The number of nitrogens with zero attached hydrogens (tertiary/aromatic N) is 3. The van der Waals surface area contributed by atoms with E-state index in [1.165, 1.54) is 12.1 Å². The van der Waals surface area contributed by atoms with Crippen molar-refractivity contribution < 1.29 is 19.1 Å². The molecule has 6 nitrogen and oxygen atoms in total. The number of methoxy groups -OCH3 is 1. The number of amidine groups is 1. The van der Waals surface area contributed by atoms with Crippen molar-refractivity contribution in [3.63, 3.8) is 0 Å². The summed E-state index contributed by atoms with van der Waals surface area (Å²) in [5, 5.41) is 14.6. The van der Waals surface area contributed by atoms with E-state index in [9.17, 15) is 9.50 Å². The van der Waals surface area contributed by atoms with Crippen LogP contribution >= 0.6 is 0 Å². The van der Waals surface area contributed by atoms with E-state index in [-0.39, 0.29) is 12.4 Å². The maximum absolute atomic E-state index is 13.5. The van der Waals surface area contributed by atoms with Crippen LogP contribution in [0, 0.1) is 5.82 Å². The van der Waals surface area contributed by atoms with Crippen LogP contribution in [-0.2, 0) is 10.6 Å². The first kappa shape index (κ1) is 21.2. The lowest BCUT2D eigenvalue weighted by molar-refractivity contribution is -0.137. The van der Waals surface area contributed by atoms with Crippen molar-refractivity contribution >= 4 is 11.9 Å². The minimum absolute atomic E-state index is 0.298. The van der Waals surface area contributed by atoms with Crippen LogP contribution in [0.2, 0.25) is 0 Å². The molecule has 0 spiro atoms. The molecule has 0 amide bonds. The van der Waals surface area contributed by atoms with Gasteiger partial charge >= 0.3 is 0 Å². The number of halogens is 1. The van der Waals surface area contributed by atoms with Crippen molar-refractivity contribution in [2.24, 2.45) is 5.16 Å². The minimum Gasteiger partial charge on any atom is -0.496 e. The largest absolute Gasteiger partial charge is 0.496 e. The molecule has 2 aromatic carbocycles. The summed E-state index contributed by atoms with van der Waals surface area (Å²) >= 11 is 0. The Kier molecular flexibility index (Phi) is 5.56. The second kappa shape index (κ2) is 8.67. The van der Waals surface area contributed by atoms with Gasteiger partial charge in [-0.3, -0.25) is 4.98 Å². The van der Waals surface area contributed by atoms with Gasteiger partial charge in [-0.15, -0.1) is 0 Å². The lowest BCUT2D eigenvalue weighted by Gasteiger charge is -2.38. The normalized spacial score (nSPS) is 20.9. The summed E-state index contributed by atoms with van der Waals surface area (Å²) in [4.78, 5) is 11.9. The Morgan fingerprint density at radius 3 is 2.67 bits per heavy atom. The van der Waals surface area contributed by atoms with Crippen LogP contribution in [-0.4, -0.2) is 41.1 Å². The summed E-state index contributed by atoms with van der Waals surface area (Å²) in [6.07, 6.45) is 7.30. The van der Waals surface area contributed by atoms with Crippen molar-refractivity contribution in [2.45, 2.75) is 18.6 Å². The average Bonchev–Trinajstić information content (AvgIpc) is 3.26. The van der Waals surface area contributed by atoms with Crippen molar-refractivity contribution in [2.75, 3.05) is 20.3 Å². The van der Waals surface area contributed by atoms with E-state index < -0.39 is 5.72 Å². The molecule has 1 saturated heterocycles. The second-order valence-electron chi connectivity index (χ2n) is 8.08. The molecule has 0 bridgehead atoms. The summed E-state index contributed by atoms with van der Waals surface area (Å²) in [5.41, 5.74) is 3.53. The molecule has 1 unspecified atom stereocenters. The second-order valence-corrected chi connectivity index (χ2v) is 8.08. The molecule has 1 aromatic heterocycles. The molecule has 33 heavy (non-hydrogen) atoms. The van der Waals surface area contributed by atoms with Crippen LogP contribution in [0.5, 0.6) is 5.75 Å². The topological polar surface area (TPSA) is 67.2 Å². The van der Waals surface area contributed by atoms with Gasteiger partial charge in [0.2, 0.25) is 0 Å². The zero-order chi connectivity index (χ0) is 22.8. The van der Waals surface area contributed by atoms with E-state index in [0.717, 1.165) is 40.9 Å². The maximum Gasteiger partial charge on any atom is 0.260 e. The number of hydrogen-bond acceptors (Lipinski definition) is 6.